The first-order valence-electron chi connectivity index (χ1n) is 9.63. The van der Waals surface area contributed by atoms with Crippen molar-refractivity contribution in [3.8, 4) is 5.75 Å². The lowest BCUT2D eigenvalue weighted by Gasteiger charge is -2.16. The van der Waals surface area contributed by atoms with Crippen LogP contribution in [0.25, 0.3) is 10.9 Å². The van der Waals surface area contributed by atoms with Crippen molar-refractivity contribution in [1.29, 1.82) is 0 Å². The predicted octanol–water partition coefficient (Wildman–Crippen LogP) is 6.76. The Bertz CT molecular complexity index is 1180. The molecule has 0 saturated carbocycles. The van der Waals surface area contributed by atoms with E-state index in [2.05, 4.69) is 43.9 Å². The average Bonchev–Trinajstić information content (AvgIpc) is 2.69. The highest BCUT2D eigenvalue weighted by Gasteiger charge is 2.16. The molecule has 0 spiro atoms. The summed E-state index contributed by atoms with van der Waals surface area (Å²) in [4.78, 5) is 18.0. The van der Waals surface area contributed by atoms with Crippen molar-refractivity contribution in [2.24, 2.45) is 5.10 Å². The topological polar surface area (TPSA) is 56.5 Å². The van der Waals surface area contributed by atoms with E-state index in [1.165, 1.54) is 4.68 Å². The minimum absolute atomic E-state index is 0.0345. The molecular weight excluding hydrogens is 534 g/mol. The Morgan fingerprint density at radius 3 is 2.63 bits per heavy atom. The van der Waals surface area contributed by atoms with Gasteiger partial charge in [-0.05, 0) is 66.5 Å². The number of benzene rings is 2. The van der Waals surface area contributed by atoms with Gasteiger partial charge in [0.2, 0.25) is 0 Å². The summed E-state index contributed by atoms with van der Waals surface area (Å²) in [5.41, 5.74) is 1.10. The second-order valence-corrected chi connectivity index (χ2v) is 9.48. The van der Waals surface area contributed by atoms with Crippen LogP contribution in [0.1, 0.15) is 51.4 Å². The van der Waals surface area contributed by atoms with E-state index < -0.39 is 0 Å². The quantitative estimate of drug-likeness (QED) is 0.316. The number of ether oxygens (including phenoxy) is 1. The van der Waals surface area contributed by atoms with Gasteiger partial charge in [0, 0.05) is 21.0 Å². The second kappa shape index (κ2) is 9.62. The Labute approximate surface area is 197 Å². The Morgan fingerprint density at radius 2 is 1.97 bits per heavy atom. The van der Waals surface area contributed by atoms with Crippen LogP contribution < -0.4 is 10.3 Å². The lowest BCUT2D eigenvalue weighted by molar-refractivity contribution is 0.240. The van der Waals surface area contributed by atoms with E-state index in [9.17, 15) is 4.79 Å². The minimum atomic E-state index is -0.222. The fourth-order valence-corrected chi connectivity index (χ4v) is 4.22. The van der Waals surface area contributed by atoms with Gasteiger partial charge in [0.05, 0.1) is 27.7 Å². The van der Waals surface area contributed by atoms with Crippen LogP contribution in [-0.2, 0) is 0 Å². The Kier molecular flexibility index (Phi) is 7.37. The average molecular weight is 556 g/mol. The van der Waals surface area contributed by atoms with Crippen molar-refractivity contribution in [3.63, 3.8) is 0 Å². The third-order valence-corrected chi connectivity index (χ3v) is 5.89. The first-order chi connectivity index (χ1) is 14.2. The molecule has 2 aromatic carbocycles. The molecule has 0 amide bonds. The molecule has 0 fully saturated rings. The number of hydrogen-bond donors (Lipinski definition) is 0. The standard InChI is InChI=1S/C22H22Br2ClN3O2/c1-5-13(4)21-27-19-7-6-15(23)9-17(19)22(29)28(21)26-11-14-8-16(25)10-18(24)20(14)30-12(2)3/h6-13H,5H2,1-4H3/t13-/m1/s1. The molecule has 8 heteroatoms. The molecule has 0 aliphatic heterocycles. The summed E-state index contributed by atoms with van der Waals surface area (Å²) in [6.07, 6.45) is 2.38. The predicted molar refractivity (Wildman–Crippen MR) is 130 cm³/mol. The van der Waals surface area contributed by atoms with Crippen LogP contribution in [0.2, 0.25) is 5.02 Å². The summed E-state index contributed by atoms with van der Waals surface area (Å²) >= 11 is 13.2. The fourth-order valence-electron chi connectivity index (χ4n) is 2.94. The molecule has 3 rings (SSSR count). The first kappa shape index (κ1) is 23.0. The summed E-state index contributed by atoms with van der Waals surface area (Å²) in [5.74, 6) is 1.29. The highest BCUT2D eigenvalue weighted by atomic mass is 79.9. The molecule has 0 bridgehead atoms. The van der Waals surface area contributed by atoms with Gasteiger partial charge in [0.15, 0.2) is 0 Å². The summed E-state index contributed by atoms with van der Waals surface area (Å²) in [6, 6.07) is 9.00. The molecule has 0 radical (unpaired) electrons. The van der Waals surface area contributed by atoms with Crippen LogP contribution >= 0.6 is 43.5 Å². The maximum absolute atomic E-state index is 13.3. The number of nitrogens with zero attached hydrogens (tertiary/aromatic N) is 3. The number of fused-ring (bicyclic) bond motifs is 1. The maximum Gasteiger partial charge on any atom is 0.282 e. The van der Waals surface area contributed by atoms with Crippen molar-refractivity contribution < 1.29 is 4.74 Å². The van der Waals surface area contributed by atoms with Crippen molar-refractivity contribution in [2.75, 3.05) is 0 Å². The van der Waals surface area contributed by atoms with Crippen molar-refractivity contribution in [3.05, 3.63) is 66.0 Å². The van der Waals surface area contributed by atoms with Crippen LogP contribution in [0.5, 0.6) is 5.75 Å². The molecule has 158 valence electrons. The molecule has 0 saturated heterocycles. The van der Waals surface area contributed by atoms with Gasteiger partial charge in [-0.2, -0.15) is 9.78 Å². The zero-order chi connectivity index (χ0) is 22.0. The molecule has 0 aliphatic carbocycles. The Morgan fingerprint density at radius 1 is 1.23 bits per heavy atom. The maximum atomic E-state index is 13.3. The monoisotopic (exact) mass is 553 g/mol. The number of halogens is 3. The van der Waals surface area contributed by atoms with Crippen molar-refractivity contribution in [1.82, 2.24) is 9.66 Å². The lowest BCUT2D eigenvalue weighted by atomic mass is 10.1. The van der Waals surface area contributed by atoms with E-state index in [4.69, 9.17) is 21.3 Å². The van der Waals surface area contributed by atoms with Crippen LogP contribution in [0.3, 0.4) is 0 Å². The molecule has 1 aromatic heterocycles. The smallest absolute Gasteiger partial charge is 0.282 e. The highest BCUT2D eigenvalue weighted by Crippen LogP contribution is 2.32. The molecule has 0 unspecified atom stereocenters. The van der Waals surface area contributed by atoms with Crippen LogP contribution in [0, 0.1) is 0 Å². The molecule has 30 heavy (non-hydrogen) atoms. The van der Waals surface area contributed by atoms with E-state index in [1.807, 2.05) is 32.9 Å². The fraction of sp³-hybridized carbons (Fsp3) is 0.318. The number of rotatable bonds is 6. The van der Waals surface area contributed by atoms with E-state index >= 15 is 0 Å². The van der Waals surface area contributed by atoms with E-state index in [0.717, 1.165) is 15.4 Å². The summed E-state index contributed by atoms with van der Waals surface area (Å²) < 4.78 is 8.84. The van der Waals surface area contributed by atoms with E-state index in [-0.39, 0.29) is 17.6 Å². The highest BCUT2D eigenvalue weighted by molar-refractivity contribution is 9.10. The third-order valence-electron chi connectivity index (χ3n) is 4.59. The Hall–Kier alpha value is -1.70. The Balaban J connectivity index is 2.21. The molecule has 0 aliphatic rings. The van der Waals surface area contributed by atoms with Crippen molar-refractivity contribution in [2.45, 2.75) is 46.1 Å². The normalized spacial score (nSPS) is 12.8. The first-order valence-corrected chi connectivity index (χ1v) is 11.6. The lowest BCUT2D eigenvalue weighted by Crippen LogP contribution is -2.23. The van der Waals surface area contributed by atoms with Crippen LogP contribution in [0.4, 0.5) is 0 Å². The molecular formula is C22H22Br2ClN3O2. The minimum Gasteiger partial charge on any atom is -0.489 e. The van der Waals surface area contributed by atoms with Crippen molar-refractivity contribution >= 4 is 60.6 Å². The van der Waals surface area contributed by atoms with Gasteiger partial charge in [-0.25, -0.2) is 4.98 Å². The number of hydrogen-bond acceptors (Lipinski definition) is 4. The third kappa shape index (κ3) is 4.95. The molecule has 1 atom stereocenters. The zero-order valence-electron chi connectivity index (χ0n) is 17.1. The van der Waals surface area contributed by atoms with Gasteiger partial charge in [0.25, 0.3) is 5.56 Å². The molecule has 5 nitrogen and oxygen atoms in total. The van der Waals surface area contributed by atoms with Gasteiger partial charge in [-0.3, -0.25) is 4.79 Å². The van der Waals surface area contributed by atoms with Gasteiger partial charge in [-0.15, -0.1) is 0 Å². The van der Waals surface area contributed by atoms with E-state index in [0.29, 0.717) is 33.1 Å². The zero-order valence-corrected chi connectivity index (χ0v) is 21.0. The summed E-state index contributed by atoms with van der Waals surface area (Å²) in [7, 11) is 0. The molecule has 3 aromatic rings. The van der Waals surface area contributed by atoms with Gasteiger partial charge in [-0.1, -0.05) is 41.4 Å². The van der Waals surface area contributed by atoms with E-state index in [1.54, 1.807) is 24.4 Å². The summed E-state index contributed by atoms with van der Waals surface area (Å²) in [6.45, 7) is 7.97. The SMILES string of the molecule is CC[C@@H](C)c1nc2ccc(Br)cc2c(=O)n1N=Cc1cc(Cl)cc(Br)c1OC(C)C. The molecule has 0 N–H and O–H groups in total. The largest absolute Gasteiger partial charge is 0.489 e. The number of aromatic nitrogens is 2. The second-order valence-electron chi connectivity index (χ2n) is 7.27. The van der Waals surface area contributed by atoms with Gasteiger partial charge >= 0.3 is 0 Å². The van der Waals surface area contributed by atoms with Crippen LogP contribution in [-0.4, -0.2) is 22.0 Å². The van der Waals surface area contributed by atoms with Gasteiger partial charge in [0.1, 0.15) is 11.6 Å². The van der Waals surface area contributed by atoms with Gasteiger partial charge < -0.3 is 4.74 Å². The molecule has 1 heterocycles. The summed E-state index contributed by atoms with van der Waals surface area (Å²) in [5, 5.41) is 5.55. The van der Waals surface area contributed by atoms with Crippen LogP contribution in [0.15, 0.2) is 49.2 Å².